The molecule has 0 bridgehead atoms. The third-order valence-corrected chi connectivity index (χ3v) is 3.76. The highest BCUT2D eigenvalue weighted by molar-refractivity contribution is 9.10. The van der Waals surface area contributed by atoms with Gasteiger partial charge in [0, 0.05) is 17.1 Å². The summed E-state index contributed by atoms with van der Waals surface area (Å²) in [4.78, 5) is 0. The molecule has 1 N–H and O–H groups in total. The normalized spacial score (nSPS) is 17.7. The van der Waals surface area contributed by atoms with Gasteiger partial charge in [-0.15, -0.1) is 0 Å². The first kappa shape index (κ1) is 11.2. The fraction of sp³-hybridized carbons (Fsp3) is 0.538. The van der Waals surface area contributed by atoms with Crippen molar-refractivity contribution in [2.24, 2.45) is 5.92 Å². The zero-order valence-corrected chi connectivity index (χ0v) is 10.8. The van der Waals surface area contributed by atoms with Gasteiger partial charge < -0.3 is 5.32 Å². The maximum atomic E-state index is 3.58. The molecule has 15 heavy (non-hydrogen) atoms. The van der Waals surface area contributed by atoms with Crippen LogP contribution in [0.3, 0.4) is 0 Å². The second kappa shape index (κ2) is 5.13. The Morgan fingerprint density at radius 2 is 2.13 bits per heavy atom. The Labute approximate surface area is 100 Å². The highest BCUT2D eigenvalue weighted by Crippen LogP contribution is 2.33. The monoisotopic (exact) mass is 267 g/mol. The van der Waals surface area contributed by atoms with Crippen molar-refractivity contribution in [3.05, 3.63) is 34.3 Å². The van der Waals surface area contributed by atoms with Crippen LogP contribution >= 0.6 is 15.9 Å². The first-order valence-electron chi connectivity index (χ1n) is 5.72. The molecule has 2 rings (SSSR count). The van der Waals surface area contributed by atoms with E-state index >= 15 is 0 Å². The van der Waals surface area contributed by atoms with Gasteiger partial charge in [0.05, 0.1) is 0 Å². The van der Waals surface area contributed by atoms with E-state index in [2.05, 4.69) is 52.4 Å². The maximum absolute atomic E-state index is 3.58. The van der Waals surface area contributed by atoms with Crippen molar-refractivity contribution in [1.29, 1.82) is 0 Å². The minimum absolute atomic E-state index is 0.643. The number of hydrogen-bond donors (Lipinski definition) is 1. The average molecular weight is 268 g/mol. The summed E-state index contributed by atoms with van der Waals surface area (Å²) in [6.07, 6.45) is 4.23. The number of halogens is 1. The third kappa shape index (κ3) is 3.62. The van der Waals surface area contributed by atoms with Crippen molar-refractivity contribution in [2.75, 3.05) is 0 Å². The summed E-state index contributed by atoms with van der Waals surface area (Å²) in [5.74, 6) is 1.01. The average Bonchev–Trinajstić information content (AvgIpc) is 3.00. The summed E-state index contributed by atoms with van der Waals surface area (Å²) < 4.78 is 1.20. The van der Waals surface area contributed by atoms with Crippen LogP contribution in [0.2, 0.25) is 0 Å². The second-order valence-corrected chi connectivity index (χ2v) is 5.41. The van der Waals surface area contributed by atoms with Crippen molar-refractivity contribution in [1.82, 2.24) is 5.32 Å². The number of hydrogen-bond acceptors (Lipinski definition) is 1. The summed E-state index contributed by atoms with van der Waals surface area (Å²) in [5.41, 5.74) is 1.35. The van der Waals surface area contributed by atoms with E-state index in [0.717, 1.165) is 12.5 Å². The molecule has 0 heterocycles. The SMILES string of the molecule is CC(CC1CC1)NCc1ccccc1Br. The third-order valence-electron chi connectivity index (χ3n) is 2.98. The van der Waals surface area contributed by atoms with Gasteiger partial charge in [0.25, 0.3) is 0 Å². The molecule has 82 valence electrons. The fourth-order valence-corrected chi connectivity index (χ4v) is 2.29. The van der Waals surface area contributed by atoms with E-state index in [-0.39, 0.29) is 0 Å². The first-order valence-corrected chi connectivity index (χ1v) is 6.52. The van der Waals surface area contributed by atoms with Gasteiger partial charge in [0.2, 0.25) is 0 Å². The molecule has 0 saturated heterocycles. The zero-order chi connectivity index (χ0) is 10.7. The Morgan fingerprint density at radius 1 is 1.40 bits per heavy atom. The van der Waals surface area contributed by atoms with Crippen LogP contribution in [0.15, 0.2) is 28.7 Å². The van der Waals surface area contributed by atoms with E-state index in [1.165, 1.54) is 29.3 Å². The van der Waals surface area contributed by atoms with E-state index in [9.17, 15) is 0 Å². The van der Waals surface area contributed by atoms with Crippen molar-refractivity contribution in [2.45, 2.75) is 38.8 Å². The minimum atomic E-state index is 0.643. The van der Waals surface area contributed by atoms with E-state index in [1.54, 1.807) is 0 Å². The molecule has 1 saturated carbocycles. The van der Waals surface area contributed by atoms with E-state index in [4.69, 9.17) is 0 Å². The van der Waals surface area contributed by atoms with Gasteiger partial charge in [-0.05, 0) is 30.9 Å². The standard InChI is InChI=1S/C13H18BrN/c1-10(8-11-6-7-11)15-9-12-4-2-3-5-13(12)14/h2-5,10-11,15H,6-9H2,1H3. The summed E-state index contributed by atoms with van der Waals surface area (Å²) in [5, 5.41) is 3.58. The Bertz CT molecular complexity index is 320. The summed E-state index contributed by atoms with van der Waals surface area (Å²) in [6, 6.07) is 9.06. The van der Waals surface area contributed by atoms with E-state index < -0.39 is 0 Å². The Balaban J connectivity index is 1.78. The van der Waals surface area contributed by atoms with Gasteiger partial charge >= 0.3 is 0 Å². The summed E-state index contributed by atoms with van der Waals surface area (Å²) in [6.45, 7) is 3.25. The minimum Gasteiger partial charge on any atom is -0.310 e. The molecule has 2 heteroatoms. The van der Waals surface area contributed by atoms with Gasteiger partial charge in [0.15, 0.2) is 0 Å². The highest BCUT2D eigenvalue weighted by atomic mass is 79.9. The van der Waals surface area contributed by atoms with Crippen LogP contribution in [0, 0.1) is 5.92 Å². The molecule has 1 fully saturated rings. The van der Waals surface area contributed by atoms with Crippen LogP contribution in [0.5, 0.6) is 0 Å². The Kier molecular flexibility index (Phi) is 3.81. The zero-order valence-electron chi connectivity index (χ0n) is 9.17. The lowest BCUT2D eigenvalue weighted by Gasteiger charge is -2.13. The van der Waals surface area contributed by atoms with E-state index in [1.807, 2.05) is 0 Å². The largest absolute Gasteiger partial charge is 0.310 e. The molecule has 0 radical (unpaired) electrons. The predicted molar refractivity (Wildman–Crippen MR) is 67.8 cm³/mol. The summed E-state index contributed by atoms with van der Waals surface area (Å²) in [7, 11) is 0. The molecule has 0 aromatic heterocycles. The second-order valence-electron chi connectivity index (χ2n) is 4.55. The molecule has 0 spiro atoms. The molecule has 1 aliphatic rings. The first-order chi connectivity index (χ1) is 7.25. The van der Waals surface area contributed by atoms with Crippen LogP contribution in [0.25, 0.3) is 0 Å². The van der Waals surface area contributed by atoms with Gasteiger partial charge in [-0.3, -0.25) is 0 Å². The van der Waals surface area contributed by atoms with Gasteiger partial charge in [0.1, 0.15) is 0 Å². The Morgan fingerprint density at radius 3 is 2.80 bits per heavy atom. The number of benzene rings is 1. The van der Waals surface area contributed by atoms with E-state index in [0.29, 0.717) is 6.04 Å². The van der Waals surface area contributed by atoms with Crippen LogP contribution in [0.1, 0.15) is 31.7 Å². The molecule has 1 atom stereocenters. The van der Waals surface area contributed by atoms with Crippen LogP contribution in [0.4, 0.5) is 0 Å². The molecular formula is C13H18BrN. The van der Waals surface area contributed by atoms with Gasteiger partial charge in [-0.25, -0.2) is 0 Å². The van der Waals surface area contributed by atoms with Crippen molar-refractivity contribution in [3.8, 4) is 0 Å². The van der Waals surface area contributed by atoms with Crippen LogP contribution in [-0.2, 0) is 6.54 Å². The quantitative estimate of drug-likeness (QED) is 0.858. The lowest BCUT2D eigenvalue weighted by molar-refractivity contribution is 0.487. The molecule has 1 nitrogen and oxygen atoms in total. The molecule has 1 aromatic carbocycles. The van der Waals surface area contributed by atoms with Crippen molar-refractivity contribution >= 4 is 15.9 Å². The molecular weight excluding hydrogens is 250 g/mol. The lowest BCUT2D eigenvalue weighted by atomic mass is 10.1. The molecule has 0 aliphatic heterocycles. The van der Waals surface area contributed by atoms with Gasteiger partial charge in [-0.1, -0.05) is 47.0 Å². The molecule has 0 amide bonds. The van der Waals surface area contributed by atoms with Crippen molar-refractivity contribution < 1.29 is 0 Å². The molecule has 1 aliphatic carbocycles. The Hall–Kier alpha value is -0.340. The lowest BCUT2D eigenvalue weighted by Crippen LogP contribution is -2.26. The fourth-order valence-electron chi connectivity index (χ4n) is 1.86. The van der Waals surface area contributed by atoms with Crippen LogP contribution in [-0.4, -0.2) is 6.04 Å². The van der Waals surface area contributed by atoms with Crippen molar-refractivity contribution in [3.63, 3.8) is 0 Å². The smallest absolute Gasteiger partial charge is 0.0220 e. The maximum Gasteiger partial charge on any atom is 0.0220 e. The highest BCUT2D eigenvalue weighted by Gasteiger charge is 2.23. The predicted octanol–water partition coefficient (Wildman–Crippen LogP) is 3.73. The number of rotatable bonds is 5. The molecule has 1 aromatic rings. The molecule has 1 unspecified atom stereocenters. The topological polar surface area (TPSA) is 12.0 Å². The number of nitrogens with one attached hydrogen (secondary N) is 1. The van der Waals surface area contributed by atoms with Gasteiger partial charge in [-0.2, -0.15) is 0 Å². The van der Waals surface area contributed by atoms with Crippen LogP contribution < -0.4 is 5.32 Å². The summed E-state index contributed by atoms with van der Waals surface area (Å²) >= 11 is 3.57.